The lowest BCUT2D eigenvalue weighted by atomic mass is 10.1. The average molecular weight is 291 g/mol. The molecule has 1 fully saturated rings. The lowest BCUT2D eigenvalue weighted by Crippen LogP contribution is -2.36. The molecule has 1 aromatic heterocycles. The van der Waals surface area contributed by atoms with Crippen LogP contribution in [0.5, 0.6) is 0 Å². The first-order valence-electron chi connectivity index (χ1n) is 6.36. The third kappa shape index (κ3) is 2.63. The first-order valence-corrected chi connectivity index (χ1v) is 6.36. The Morgan fingerprint density at radius 2 is 2.10 bits per heavy atom. The maximum atomic E-state index is 10.8. The maximum Gasteiger partial charge on any atom is 0.270 e. The summed E-state index contributed by atoms with van der Waals surface area (Å²) in [5.41, 5.74) is 6.45. The summed E-state index contributed by atoms with van der Waals surface area (Å²) in [4.78, 5) is 16.5. The van der Waals surface area contributed by atoms with Crippen molar-refractivity contribution in [2.24, 2.45) is 0 Å². The lowest BCUT2D eigenvalue weighted by Gasteiger charge is -2.24. The minimum atomic E-state index is -0.498. The first-order chi connectivity index (χ1) is 10.1. The van der Waals surface area contributed by atoms with Crippen LogP contribution in [0.4, 0.5) is 17.3 Å². The number of nitrogens with zero attached hydrogens (tertiary/aromatic N) is 4. The van der Waals surface area contributed by atoms with Crippen molar-refractivity contribution in [1.29, 1.82) is 0 Å². The molecule has 1 aromatic carbocycles. The minimum absolute atomic E-state index is 0.0784. The zero-order chi connectivity index (χ0) is 14.8. The zero-order valence-corrected chi connectivity index (χ0v) is 11.1. The maximum absolute atomic E-state index is 10.8. The highest BCUT2D eigenvalue weighted by Crippen LogP contribution is 2.29. The van der Waals surface area contributed by atoms with Crippen LogP contribution in [-0.4, -0.2) is 41.4 Å². The number of ether oxygens (including phenoxy) is 1. The molecule has 2 aromatic rings. The van der Waals surface area contributed by atoms with E-state index < -0.39 is 4.92 Å². The van der Waals surface area contributed by atoms with Crippen LogP contribution in [-0.2, 0) is 4.74 Å². The Bertz CT molecular complexity index is 665. The Labute approximate surface area is 119 Å². The van der Waals surface area contributed by atoms with E-state index in [1.165, 1.54) is 18.2 Å². The molecular weight excluding hydrogens is 278 g/mol. The van der Waals surface area contributed by atoms with E-state index in [1.807, 2.05) is 4.90 Å². The van der Waals surface area contributed by atoms with E-state index in [0.29, 0.717) is 43.5 Å². The van der Waals surface area contributed by atoms with E-state index in [1.54, 1.807) is 0 Å². The van der Waals surface area contributed by atoms with Gasteiger partial charge in [0.1, 0.15) is 0 Å². The van der Waals surface area contributed by atoms with Crippen molar-refractivity contribution in [3.05, 3.63) is 28.3 Å². The fraction of sp³-hybridized carbons (Fsp3) is 0.333. The molecule has 0 atom stereocenters. The molecular formula is C12H13N5O4. The Morgan fingerprint density at radius 3 is 2.81 bits per heavy atom. The van der Waals surface area contributed by atoms with Gasteiger partial charge in [-0.25, -0.2) is 0 Å². The van der Waals surface area contributed by atoms with E-state index in [2.05, 4.69) is 10.1 Å². The molecule has 1 aliphatic heterocycles. The van der Waals surface area contributed by atoms with Crippen molar-refractivity contribution in [3.63, 3.8) is 0 Å². The summed E-state index contributed by atoms with van der Waals surface area (Å²) in [5.74, 6) is 0.594. The van der Waals surface area contributed by atoms with Crippen molar-refractivity contribution in [2.45, 2.75) is 0 Å². The summed E-state index contributed by atoms with van der Waals surface area (Å²) < 4.78 is 10.4. The number of non-ortho nitro benzene ring substituents is 1. The second-order valence-electron chi connectivity index (χ2n) is 4.53. The highest BCUT2D eigenvalue weighted by Gasteiger charge is 2.20. The van der Waals surface area contributed by atoms with Crippen LogP contribution >= 0.6 is 0 Å². The molecule has 9 heteroatoms. The van der Waals surface area contributed by atoms with Gasteiger partial charge < -0.3 is 19.9 Å². The number of nitrogens with two attached hydrogens (primary N) is 1. The second-order valence-corrected chi connectivity index (χ2v) is 4.53. The Kier molecular flexibility index (Phi) is 3.40. The van der Waals surface area contributed by atoms with Gasteiger partial charge in [-0.15, -0.1) is 0 Å². The van der Waals surface area contributed by atoms with Crippen molar-refractivity contribution >= 4 is 17.3 Å². The molecule has 0 saturated carbocycles. The summed E-state index contributed by atoms with van der Waals surface area (Å²) >= 11 is 0. The van der Waals surface area contributed by atoms with Gasteiger partial charge in [0.25, 0.3) is 17.5 Å². The number of aromatic nitrogens is 2. The van der Waals surface area contributed by atoms with Gasteiger partial charge >= 0.3 is 0 Å². The highest BCUT2D eigenvalue weighted by atomic mass is 16.6. The molecule has 0 radical (unpaired) electrons. The number of hydrogen-bond acceptors (Lipinski definition) is 8. The highest BCUT2D eigenvalue weighted by molar-refractivity contribution is 5.73. The summed E-state index contributed by atoms with van der Waals surface area (Å²) in [6.45, 7) is 2.54. The Morgan fingerprint density at radius 1 is 1.33 bits per heavy atom. The zero-order valence-electron chi connectivity index (χ0n) is 11.1. The third-order valence-corrected chi connectivity index (χ3v) is 3.19. The molecule has 1 saturated heterocycles. The van der Waals surface area contributed by atoms with Crippen molar-refractivity contribution in [2.75, 3.05) is 36.9 Å². The SMILES string of the molecule is Nc1ccc([N+](=O)[O-])cc1-c1nc(N2CCOCC2)no1. The number of nitro groups is 1. The average Bonchev–Trinajstić information content (AvgIpc) is 2.98. The van der Waals surface area contributed by atoms with Gasteiger partial charge in [-0.3, -0.25) is 10.1 Å². The number of anilines is 2. The monoisotopic (exact) mass is 291 g/mol. The van der Waals surface area contributed by atoms with Gasteiger partial charge in [-0.2, -0.15) is 4.98 Å². The smallest absolute Gasteiger partial charge is 0.270 e. The van der Waals surface area contributed by atoms with Crippen LogP contribution in [0.25, 0.3) is 11.5 Å². The lowest BCUT2D eigenvalue weighted by molar-refractivity contribution is -0.384. The molecule has 0 amide bonds. The number of hydrogen-bond donors (Lipinski definition) is 1. The van der Waals surface area contributed by atoms with Gasteiger partial charge in [0.2, 0.25) is 0 Å². The fourth-order valence-corrected chi connectivity index (χ4v) is 2.06. The van der Waals surface area contributed by atoms with Gasteiger partial charge in [0, 0.05) is 30.9 Å². The quantitative estimate of drug-likeness (QED) is 0.506. The van der Waals surface area contributed by atoms with E-state index >= 15 is 0 Å². The van der Waals surface area contributed by atoms with Crippen LogP contribution in [0.3, 0.4) is 0 Å². The largest absolute Gasteiger partial charge is 0.398 e. The standard InChI is InChI=1S/C12H13N5O4/c13-10-2-1-8(17(18)19)7-9(10)11-14-12(15-21-11)16-3-5-20-6-4-16/h1-2,7H,3-6,13H2. The number of morpholine rings is 1. The molecule has 0 spiro atoms. The van der Waals surface area contributed by atoms with E-state index in [4.69, 9.17) is 15.0 Å². The molecule has 0 unspecified atom stereocenters. The normalized spacial score (nSPS) is 15.1. The van der Waals surface area contributed by atoms with Crippen LogP contribution in [0.1, 0.15) is 0 Å². The number of nitrogen functional groups attached to an aromatic ring is 1. The predicted molar refractivity (Wildman–Crippen MR) is 73.8 cm³/mol. The molecule has 21 heavy (non-hydrogen) atoms. The molecule has 9 nitrogen and oxygen atoms in total. The fourth-order valence-electron chi connectivity index (χ4n) is 2.06. The molecule has 110 valence electrons. The van der Waals surface area contributed by atoms with Gasteiger partial charge in [0.05, 0.1) is 23.7 Å². The molecule has 3 rings (SSSR count). The van der Waals surface area contributed by atoms with Gasteiger partial charge in [-0.1, -0.05) is 0 Å². The molecule has 2 N–H and O–H groups in total. The summed E-state index contributed by atoms with van der Waals surface area (Å²) in [6, 6.07) is 4.11. The van der Waals surface area contributed by atoms with E-state index in [0.717, 1.165) is 0 Å². The van der Waals surface area contributed by atoms with E-state index in [9.17, 15) is 10.1 Å². The Balaban J connectivity index is 1.92. The van der Waals surface area contributed by atoms with E-state index in [-0.39, 0.29) is 11.6 Å². The second kappa shape index (κ2) is 5.37. The predicted octanol–water partition coefficient (Wildman–Crippen LogP) is 1.06. The van der Waals surface area contributed by atoms with Gasteiger partial charge in [0.15, 0.2) is 0 Å². The van der Waals surface area contributed by atoms with Crippen LogP contribution in [0, 0.1) is 10.1 Å². The third-order valence-electron chi connectivity index (χ3n) is 3.19. The van der Waals surface area contributed by atoms with Crippen LogP contribution in [0.15, 0.2) is 22.7 Å². The topological polar surface area (TPSA) is 121 Å². The van der Waals surface area contributed by atoms with Gasteiger partial charge in [-0.05, 0) is 11.2 Å². The first kappa shape index (κ1) is 13.3. The number of nitro benzene ring substituents is 1. The van der Waals surface area contributed by atoms with Crippen molar-refractivity contribution in [1.82, 2.24) is 10.1 Å². The molecule has 0 bridgehead atoms. The summed E-state index contributed by atoms with van der Waals surface area (Å²) in [7, 11) is 0. The van der Waals surface area contributed by atoms with Crippen molar-refractivity contribution in [3.8, 4) is 11.5 Å². The molecule has 0 aliphatic carbocycles. The molecule has 2 heterocycles. The van der Waals surface area contributed by atoms with Crippen LogP contribution < -0.4 is 10.6 Å². The summed E-state index contributed by atoms with van der Waals surface area (Å²) in [5, 5.41) is 14.7. The number of benzene rings is 1. The number of rotatable bonds is 3. The Hall–Kier alpha value is -2.68. The van der Waals surface area contributed by atoms with Crippen molar-refractivity contribution < 1.29 is 14.2 Å². The summed E-state index contributed by atoms with van der Waals surface area (Å²) in [6.07, 6.45) is 0. The molecule has 1 aliphatic rings. The minimum Gasteiger partial charge on any atom is -0.398 e. The van der Waals surface area contributed by atoms with Crippen LogP contribution in [0.2, 0.25) is 0 Å².